The van der Waals surface area contributed by atoms with Gasteiger partial charge >= 0.3 is 0 Å². The second kappa shape index (κ2) is 10.2. The van der Waals surface area contributed by atoms with Crippen LogP contribution in [0, 0.1) is 0 Å². The number of nitrogens with one attached hydrogen (secondary N) is 2. The minimum atomic E-state index is -5.04. The van der Waals surface area contributed by atoms with Crippen molar-refractivity contribution < 1.29 is 35.5 Å². The Labute approximate surface area is 206 Å². The van der Waals surface area contributed by atoms with E-state index in [0.717, 1.165) is 30.4 Å². The summed E-state index contributed by atoms with van der Waals surface area (Å²) in [7, 11) is -10.0. The van der Waals surface area contributed by atoms with E-state index in [1.165, 1.54) is 24.4 Å². The zero-order chi connectivity index (χ0) is 26.7. The highest BCUT2D eigenvalue weighted by atomic mass is 32.2. The summed E-state index contributed by atoms with van der Waals surface area (Å²) >= 11 is 0. The number of pyridine rings is 1. The largest absolute Gasteiger partial charge is 0.322 e. The van der Waals surface area contributed by atoms with Crippen molar-refractivity contribution in [2.75, 3.05) is 10.6 Å². The summed E-state index contributed by atoms with van der Waals surface area (Å²) in [6.45, 7) is 6.62. The molecule has 0 spiro atoms. The molecule has 0 saturated carbocycles. The third-order valence-corrected chi connectivity index (χ3v) is 6.53. The zero-order valence-electron chi connectivity index (χ0n) is 18.4. The predicted molar refractivity (Wildman–Crippen MR) is 132 cm³/mol. The van der Waals surface area contributed by atoms with Gasteiger partial charge in [0, 0.05) is 34.3 Å². The lowest BCUT2D eigenvalue weighted by Crippen LogP contribution is -2.12. The smallest absolute Gasteiger partial charge is 0.295 e. The molecule has 186 valence electrons. The summed E-state index contributed by atoms with van der Waals surface area (Å²) in [6.07, 6.45) is 3.26. The van der Waals surface area contributed by atoms with Gasteiger partial charge in [0.2, 0.25) is 11.8 Å². The van der Waals surface area contributed by atoms with Crippen LogP contribution in [0.2, 0.25) is 0 Å². The maximum Gasteiger partial charge on any atom is 0.295 e. The van der Waals surface area contributed by atoms with Gasteiger partial charge in [-0.25, -0.2) is 0 Å². The highest BCUT2D eigenvalue weighted by Gasteiger charge is 2.28. The molecule has 0 saturated heterocycles. The average Bonchev–Trinajstić information content (AvgIpc) is 2.83. The first-order valence-electron chi connectivity index (χ1n) is 9.91. The van der Waals surface area contributed by atoms with Crippen molar-refractivity contribution in [2.45, 2.75) is 9.79 Å². The fourth-order valence-electron chi connectivity index (χ4n) is 3.30. The van der Waals surface area contributed by atoms with E-state index >= 15 is 0 Å². The second-order valence-corrected chi connectivity index (χ2v) is 9.94. The maximum atomic E-state index is 12.5. The number of carbonyl (C=O) groups is 2. The van der Waals surface area contributed by atoms with E-state index in [1.807, 2.05) is 0 Å². The van der Waals surface area contributed by atoms with Crippen molar-refractivity contribution in [3.05, 3.63) is 80.0 Å². The van der Waals surface area contributed by atoms with Crippen molar-refractivity contribution in [3.63, 3.8) is 0 Å². The highest BCUT2D eigenvalue weighted by molar-refractivity contribution is 7.86. The highest BCUT2D eigenvalue weighted by Crippen LogP contribution is 2.42. The molecule has 1 heterocycles. The van der Waals surface area contributed by atoms with E-state index in [9.17, 15) is 35.5 Å². The van der Waals surface area contributed by atoms with E-state index in [2.05, 4.69) is 28.8 Å². The van der Waals surface area contributed by atoms with Crippen LogP contribution in [0.3, 0.4) is 0 Å². The molecule has 13 heteroatoms. The first-order valence-corrected chi connectivity index (χ1v) is 12.8. The molecule has 0 aliphatic rings. The Hall–Kier alpha value is -4.17. The van der Waals surface area contributed by atoms with Gasteiger partial charge in [-0.05, 0) is 48.6 Å². The number of anilines is 2. The van der Waals surface area contributed by atoms with E-state index in [4.69, 9.17) is 0 Å². The van der Waals surface area contributed by atoms with Crippen LogP contribution in [0.1, 0.15) is 0 Å². The summed E-state index contributed by atoms with van der Waals surface area (Å²) in [5.74, 6) is -1.35. The van der Waals surface area contributed by atoms with Crippen LogP contribution >= 0.6 is 0 Å². The molecule has 36 heavy (non-hydrogen) atoms. The Morgan fingerprint density at radius 1 is 0.778 bits per heavy atom. The molecule has 2 amide bonds. The van der Waals surface area contributed by atoms with Gasteiger partial charge < -0.3 is 10.6 Å². The summed E-state index contributed by atoms with van der Waals surface area (Å²) in [4.78, 5) is 26.2. The lowest BCUT2D eigenvalue weighted by Gasteiger charge is -2.18. The number of hydrogen-bond acceptors (Lipinski definition) is 7. The van der Waals surface area contributed by atoms with Crippen molar-refractivity contribution in [3.8, 4) is 22.4 Å². The van der Waals surface area contributed by atoms with Gasteiger partial charge in [0.1, 0.15) is 9.79 Å². The molecule has 1 aromatic heterocycles. The average molecular weight is 530 g/mol. The minimum Gasteiger partial charge on any atom is -0.322 e. The van der Waals surface area contributed by atoms with Crippen molar-refractivity contribution in [2.24, 2.45) is 0 Å². The fraction of sp³-hybridized carbons (Fsp3) is 0. The topological polar surface area (TPSA) is 180 Å². The lowest BCUT2D eigenvalue weighted by atomic mass is 9.96. The normalized spacial score (nSPS) is 11.4. The number of nitrogens with zero attached hydrogens (tertiary/aromatic N) is 1. The Bertz CT molecular complexity index is 1600. The second-order valence-electron chi connectivity index (χ2n) is 7.16. The number of carbonyl (C=O) groups excluding carboxylic acids is 2. The molecular formula is C23H19N3O8S2. The van der Waals surface area contributed by atoms with Crippen LogP contribution < -0.4 is 10.6 Å². The van der Waals surface area contributed by atoms with Gasteiger partial charge in [-0.1, -0.05) is 25.3 Å². The number of benzene rings is 2. The molecule has 11 nitrogen and oxygen atoms in total. The minimum absolute atomic E-state index is 0.00198. The molecule has 4 N–H and O–H groups in total. The SMILES string of the molecule is C=CC(=O)Nc1ccc(-c2c(-c3ccccn3)cc(NC(=O)C=C)cc2S(=O)(=O)O)c(S(=O)(=O)O)c1. The number of amides is 2. The van der Waals surface area contributed by atoms with E-state index < -0.39 is 41.8 Å². The quantitative estimate of drug-likeness (QED) is 0.252. The van der Waals surface area contributed by atoms with Crippen LogP contribution in [0.25, 0.3) is 22.4 Å². The summed E-state index contributed by atoms with van der Waals surface area (Å²) < 4.78 is 69.6. The summed E-state index contributed by atoms with van der Waals surface area (Å²) in [6, 6.07) is 10.2. The molecular weight excluding hydrogens is 510 g/mol. The Morgan fingerprint density at radius 2 is 1.36 bits per heavy atom. The molecule has 0 aliphatic carbocycles. The molecule has 0 atom stereocenters. The van der Waals surface area contributed by atoms with Crippen molar-refractivity contribution >= 4 is 43.4 Å². The maximum absolute atomic E-state index is 12.5. The van der Waals surface area contributed by atoms with E-state index in [-0.39, 0.29) is 33.8 Å². The first kappa shape index (κ1) is 26.4. The van der Waals surface area contributed by atoms with Crippen molar-refractivity contribution in [1.82, 2.24) is 4.98 Å². The van der Waals surface area contributed by atoms with Crippen LogP contribution in [0.5, 0.6) is 0 Å². The third kappa shape index (κ3) is 5.90. The van der Waals surface area contributed by atoms with Crippen LogP contribution in [0.4, 0.5) is 11.4 Å². The van der Waals surface area contributed by atoms with Gasteiger partial charge in [0.15, 0.2) is 0 Å². The molecule has 2 aromatic carbocycles. The zero-order valence-corrected chi connectivity index (χ0v) is 20.0. The predicted octanol–water partition coefficient (Wildman–Crippen LogP) is 3.16. The summed E-state index contributed by atoms with van der Waals surface area (Å²) in [5, 5.41) is 4.73. The van der Waals surface area contributed by atoms with Crippen molar-refractivity contribution in [1.29, 1.82) is 0 Å². The molecule has 3 aromatic rings. The van der Waals surface area contributed by atoms with Gasteiger partial charge in [0.05, 0.1) is 5.69 Å². The van der Waals surface area contributed by atoms with Crippen LogP contribution in [0.15, 0.2) is 89.8 Å². The monoisotopic (exact) mass is 529 g/mol. The molecule has 0 radical (unpaired) electrons. The number of hydrogen-bond donors (Lipinski definition) is 4. The van der Waals surface area contributed by atoms with E-state index in [1.54, 1.807) is 12.1 Å². The number of aromatic nitrogens is 1. The fourth-order valence-corrected chi connectivity index (χ4v) is 4.78. The Morgan fingerprint density at radius 3 is 1.89 bits per heavy atom. The molecule has 0 fully saturated rings. The van der Waals surface area contributed by atoms with Crippen LogP contribution in [-0.4, -0.2) is 42.7 Å². The van der Waals surface area contributed by atoms with Gasteiger partial charge in [-0.2, -0.15) is 16.8 Å². The van der Waals surface area contributed by atoms with Gasteiger partial charge in [-0.15, -0.1) is 0 Å². The molecule has 0 unspecified atom stereocenters. The molecule has 0 bridgehead atoms. The molecule has 3 rings (SSSR count). The number of rotatable bonds is 8. The summed E-state index contributed by atoms with van der Waals surface area (Å²) in [5.41, 5.74) is -0.625. The lowest BCUT2D eigenvalue weighted by molar-refractivity contribution is -0.112. The van der Waals surface area contributed by atoms with Gasteiger partial charge in [0.25, 0.3) is 20.2 Å². The van der Waals surface area contributed by atoms with Crippen LogP contribution in [-0.2, 0) is 29.8 Å². The third-order valence-electron chi connectivity index (χ3n) is 4.76. The standard InChI is InChI=1S/C23H19N3O8S2/c1-3-21(27)25-14-8-9-16(19(12-14)35(29,30)31)23-17(18-7-5-6-10-24-18)11-15(26-22(28)4-2)13-20(23)36(32,33)34/h3-13H,1-2H2,(H,25,27)(H,26,28)(H,29,30,31)(H,32,33,34). The first-order chi connectivity index (χ1) is 16.8. The Kier molecular flexibility index (Phi) is 7.50. The molecule has 0 aliphatic heterocycles. The van der Waals surface area contributed by atoms with Gasteiger partial charge in [-0.3, -0.25) is 23.7 Å². The van der Waals surface area contributed by atoms with E-state index in [0.29, 0.717) is 0 Å². The Balaban J connectivity index is 2.48.